The molecule has 61 heavy (non-hydrogen) atoms. The third-order valence-corrected chi connectivity index (χ3v) is 9.75. The number of aliphatic carboxylic acids is 4. The number of thioether (sulfide) groups is 1. The Labute approximate surface area is 356 Å². The van der Waals surface area contributed by atoms with Crippen molar-refractivity contribution < 1.29 is 78.3 Å². The van der Waals surface area contributed by atoms with Crippen LogP contribution >= 0.6 is 11.8 Å². The second kappa shape index (κ2) is 28.1. The highest BCUT2D eigenvalue weighted by molar-refractivity contribution is 7.98. The van der Waals surface area contributed by atoms with Crippen LogP contribution in [-0.4, -0.2) is 158 Å². The second-order valence-corrected chi connectivity index (χ2v) is 15.4. The third-order valence-electron chi connectivity index (χ3n) is 9.10. The lowest BCUT2D eigenvalue weighted by Crippen LogP contribution is -2.62. The number of carboxylic acid groups (broad SMARTS) is 4. The van der Waals surface area contributed by atoms with Crippen LogP contribution in [0.4, 0.5) is 0 Å². The van der Waals surface area contributed by atoms with Crippen molar-refractivity contribution >= 4 is 77.0 Å². The third kappa shape index (κ3) is 21.0. The Morgan fingerprint density at radius 1 is 0.541 bits per heavy atom. The molecule has 7 amide bonds. The van der Waals surface area contributed by atoms with Gasteiger partial charge in [-0.1, -0.05) is 34.1 Å². The Bertz CT molecular complexity index is 1580. The normalized spacial score (nSPS) is 15.4. The van der Waals surface area contributed by atoms with E-state index in [1.54, 1.807) is 34.0 Å². The standard InChI is InChI=1S/C36H60N8O16S/c1-7-17(4)28(34(57)43-27(16(2)3)33(56)40-21(12-13-61-6)31(54)41-22(36(59)60)14-26(51)52)44-32(55)20(9-11-25(49)50)38-30(53)19(8-10-24(47)48)39-35(58)29(18(5)45)42-23(46)15-37/h16-22,27-29,45H,7-15,37H2,1-6H3,(H,38,53)(H,39,58)(H,40,56)(H,41,54)(H,42,46)(H,43,57)(H,44,55)(H,47,48)(H,49,50)(H,51,52)(H,59,60)/t17-,18+,19-,20-,21-,22-,27-,28-,29-/m0/s1. The minimum absolute atomic E-state index is 0.0151. The lowest BCUT2D eigenvalue weighted by molar-refractivity contribution is -0.147. The number of carbonyl (C=O) groups is 11. The predicted octanol–water partition coefficient (Wildman–Crippen LogP) is -3.54. The smallest absolute Gasteiger partial charge is 0.326 e. The molecule has 0 saturated carbocycles. The summed E-state index contributed by atoms with van der Waals surface area (Å²) in [5.74, 6) is -13.9. The number of hydrogen-bond donors (Lipinski definition) is 13. The van der Waals surface area contributed by atoms with Crippen molar-refractivity contribution in [3.05, 3.63) is 0 Å². The van der Waals surface area contributed by atoms with Gasteiger partial charge in [-0.25, -0.2) is 4.79 Å². The zero-order chi connectivity index (χ0) is 47.1. The molecule has 0 aliphatic rings. The van der Waals surface area contributed by atoms with Gasteiger partial charge < -0.3 is 68.5 Å². The Kier molecular flexibility index (Phi) is 25.5. The number of hydrogen-bond acceptors (Lipinski definition) is 14. The van der Waals surface area contributed by atoms with Crippen LogP contribution in [0.3, 0.4) is 0 Å². The minimum Gasteiger partial charge on any atom is -0.481 e. The summed E-state index contributed by atoms with van der Waals surface area (Å²) in [5, 5.41) is 63.4. The van der Waals surface area contributed by atoms with Crippen molar-refractivity contribution in [3.63, 3.8) is 0 Å². The molecule has 0 fully saturated rings. The molecule has 0 spiro atoms. The molecule has 0 aromatic rings. The molecule has 9 atom stereocenters. The maximum atomic E-state index is 13.9. The van der Waals surface area contributed by atoms with E-state index in [-0.39, 0.29) is 12.8 Å². The van der Waals surface area contributed by atoms with Crippen molar-refractivity contribution in [2.75, 3.05) is 18.6 Å². The van der Waals surface area contributed by atoms with Gasteiger partial charge >= 0.3 is 23.9 Å². The van der Waals surface area contributed by atoms with E-state index in [1.807, 2.05) is 0 Å². The Hall–Kier alpha value is -5.56. The fourth-order valence-corrected chi connectivity index (χ4v) is 5.86. The summed E-state index contributed by atoms with van der Waals surface area (Å²) < 4.78 is 0. The first-order valence-electron chi connectivity index (χ1n) is 19.3. The molecule has 14 N–H and O–H groups in total. The molecular weight excluding hydrogens is 833 g/mol. The van der Waals surface area contributed by atoms with E-state index >= 15 is 0 Å². The predicted molar refractivity (Wildman–Crippen MR) is 215 cm³/mol. The topological polar surface area (TPSA) is 399 Å². The van der Waals surface area contributed by atoms with E-state index in [2.05, 4.69) is 37.2 Å². The molecule has 0 aliphatic heterocycles. The van der Waals surface area contributed by atoms with Crippen LogP contribution in [0, 0.1) is 11.8 Å². The van der Waals surface area contributed by atoms with Crippen LogP contribution in [-0.2, 0) is 52.7 Å². The van der Waals surface area contributed by atoms with E-state index in [0.29, 0.717) is 5.75 Å². The first-order valence-corrected chi connectivity index (χ1v) is 20.7. The quantitative estimate of drug-likeness (QED) is 0.0332. The van der Waals surface area contributed by atoms with Gasteiger partial charge in [0.1, 0.15) is 42.3 Å². The zero-order valence-corrected chi connectivity index (χ0v) is 35.7. The minimum atomic E-state index is -1.81. The lowest BCUT2D eigenvalue weighted by Gasteiger charge is -2.30. The summed E-state index contributed by atoms with van der Waals surface area (Å²) in [6.45, 7) is 6.93. The van der Waals surface area contributed by atoms with Crippen LogP contribution in [0.25, 0.3) is 0 Å². The highest BCUT2D eigenvalue weighted by atomic mass is 32.2. The molecule has 0 saturated heterocycles. The van der Waals surface area contributed by atoms with E-state index in [0.717, 1.165) is 6.92 Å². The van der Waals surface area contributed by atoms with E-state index in [4.69, 9.17) is 10.8 Å². The molecule has 25 heteroatoms. The van der Waals surface area contributed by atoms with E-state index < -0.39 is 164 Å². The van der Waals surface area contributed by atoms with Gasteiger partial charge in [-0.2, -0.15) is 11.8 Å². The Morgan fingerprint density at radius 2 is 0.951 bits per heavy atom. The number of rotatable bonds is 30. The van der Waals surface area contributed by atoms with Crippen molar-refractivity contribution in [2.24, 2.45) is 17.6 Å². The average molecular weight is 893 g/mol. The summed E-state index contributed by atoms with van der Waals surface area (Å²) >= 11 is 1.29. The summed E-state index contributed by atoms with van der Waals surface area (Å²) in [5.41, 5.74) is 5.27. The lowest BCUT2D eigenvalue weighted by atomic mass is 9.95. The van der Waals surface area contributed by atoms with Gasteiger partial charge in [0.05, 0.1) is 19.1 Å². The van der Waals surface area contributed by atoms with Gasteiger partial charge in [-0.3, -0.25) is 47.9 Å². The summed E-state index contributed by atoms with van der Waals surface area (Å²) in [7, 11) is 0. The molecule has 0 aromatic carbocycles. The summed E-state index contributed by atoms with van der Waals surface area (Å²) in [6, 6.07) is -11.0. The van der Waals surface area contributed by atoms with Gasteiger partial charge in [-0.15, -0.1) is 0 Å². The van der Waals surface area contributed by atoms with Crippen molar-refractivity contribution in [1.82, 2.24) is 37.2 Å². The van der Waals surface area contributed by atoms with Crippen LogP contribution < -0.4 is 43.0 Å². The molecule has 0 unspecified atom stereocenters. The highest BCUT2D eigenvalue weighted by Crippen LogP contribution is 2.13. The number of nitrogens with two attached hydrogens (primary N) is 1. The first kappa shape index (κ1) is 55.4. The maximum absolute atomic E-state index is 13.9. The molecule has 0 heterocycles. The van der Waals surface area contributed by atoms with Gasteiger partial charge in [0.15, 0.2) is 0 Å². The Balaban J connectivity index is 6.52. The number of amides is 7. The second-order valence-electron chi connectivity index (χ2n) is 14.4. The first-order chi connectivity index (χ1) is 28.4. The summed E-state index contributed by atoms with van der Waals surface area (Å²) in [6.07, 6.45) is -3.00. The molecule has 0 radical (unpaired) electrons. The van der Waals surface area contributed by atoms with E-state index in [1.165, 1.54) is 11.8 Å². The van der Waals surface area contributed by atoms with Crippen LogP contribution in [0.2, 0.25) is 0 Å². The average Bonchev–Trinajstić information content (AvgIpc) is 3.17. The van der Waals surface area contributed by atoms with Crippen LogP contribution in [0.5, 0.6) is 0 Å². The molecular formula is C36H60N8O16S. The van der Waals surface area contributed by atoms with E-state index in [9.17, 15) is 73.2 Å². The summed E-state index contributed by atoms with van der Waals surface area (Å²) in [4.78, 5) is 138. The molecule has 346 valence electrons. The number of aliphatic hydroxyl groups is 1. The van der Waals surface area contributed by atoms with Crippen LogP contribution in [0.1, 0.15) is 79.6 Å². The van der Waals surface area contributed by atoms with Crippen molar-refractivity contribution in [3.8, 4) is 0 Å². The van der Waals surface area contributed by atoms with Gasteiger partial charge in [0.2, 0.25) is 41.4 Å². The molecule has 0 aromatic heterocycles. The van der Waals surface area contributed by atoms with Gasteiger partial charge in [0.25, 0.3) is 0 Å². The molecule has 24 nitrogen and oxygen atoms in total. The number of carboxylic acids is 4. The van der Waals surface area contributed by atoms with Gasteiger partial charge in [0, 0.05) is 12.8 Å². The van der Waals surface area contributed by atoms with Crippen molar-refractivity contribution in [1.29, 1.82) is 0 Å². The number of nitrogens with one attached hydrogen (secondary N) is 7. The molecule has 0 rings (SSSR count). The largest absolute Gasteiger partial charge is 0.481 e. The van der Waals surface area contributed by atoms with Crippen molar-refractivity contribution in [2.45, 2.75) is 128 Å². The fraction of sp³-hybridized carbons (Fsp3) is 0.694. The Morgan fingerprint density at radius 3 is 1.34 bits per heavy atom. The molecule has 0 aliphatic carbocycles. The molecule has 0 bridgehead atoms. The highest BCUT2D eigenvalue weighted by Gasteiger charge is 2.37. The number of aliphatic hydroxyl groups excluding tert-OH is 1. The monoisotopic (exact) mass is 892 g/mol. The van der Waals surface area contributed by atoms with Gasteiger partial charge in [-0.05, 0) is 50.0 Å². The van der Waals surface area contributed by atoms with Crippen LogP contribution in [0.15, 0.2) is 0 Å². The SMILES string of the molecule is CC[C@H](C)[C@H](NC(=O)[C@H](CCC(=O)O)NC(=O)[C@H](CCC(=O)O)NC(=O)[C@@H](NC(=O)CN)[C@@H](C)O)C(=O)N[C@H](C(=O)N[C@@H](CCSC)C(=O)N[C@@H](CC(=O)O)C(=O)O)C(C)C. The fourth-order valence-electron chi connectivity index (χ4n) is 5.39. The maximum Gasteiger partial charge on any atom is 0.326 e. The zero-order valence-electron chi connectivity index (χ0n) is 34.8. The number of carbonyl (C=O) groups excluding carboxylic acids is 7.